The number of benzene rings is 3. The molecule has 44 heavy (non-hydrogen) atoms. The van der Waals surface area contributed by atoms with Crippen LogP contribution in [0.25, 0.3) is 11.3 Å². The molecule has 2 aliphatic rings. The number of nitrogens with two attached hydrogens (primary N) is 1. The van der Waals surface area contributed by atoms with Crippen molar-refractivity contribution in [3.05, 3.63) is 99.7 Å². The van der Waals surface area contributed by atoms with Gasteiger partial charge in [0.25, 0.3) is 0 Å². The van der Waals surface area contributed by atoms with Crippen molar-refractivity contribution >= 4 is 34.7 Å². The molecule has 2 heterocycles. The molecule has 0 amide bonds. The monoisotopic (exact) mass is 615 g/mol. The first-order chi connectivity index (χ1) is 21.1. The first-order valence-corrected chi connectivity index (χ1v) is 14.9. The van der Waals surface area contributed by atoms with Gasteiger partial charge in [-0.25, -0.2) is 18.7 Å². The number of methoxy groups -OCH3 is 1. The van der Waals surface area contributed by atoms with Crippen molar-refractivity contribution in [3.8, 4) is 17.0 Å². The first-order valence-electron chi connectivity index (χ1n) is 14.6. The highest BCUT2D eigenvalue weighted by Gasteiger charge is 2.30. The Hall–Kier alpha value is -4.21. The third kappa shape index (κ3) is 5.94. The summed E-state index contributed by atoms with van der Waals surface area (Å²) < 4.78 is 35.9. The van der Waals surface area contributed by atoms with E-state index in [2.05, 4.69) is 10.3 Å². The predicted octanol–water partition coefficient (Wildman–Crippen LogP) is 7.66. The molecule has 1 aliphatic heterocycles. The number of aliphatic imine (C=N–C) groups is 1. The van der Waals surface area contributed by atoms with Gasteiger partial charge in [0.1, 0.15) is 17.4 Å². The van der Waals surface area contributed by atoms with Gasteiger partial charge in [0.2, 0.25) is 5.95 Å². The van der Waals surface area contributed by atoms with E-state index in [0.29, 0.717) is 57.4 Å². The lowest BCUT2D eigenvalue weighted by Gasteiger charge is -2.21. The summed E-state index contributed by atoms with van der Waals surface area (Å²) in [6.07, 6.45) is 5.42. The lowest BCUT2D eigenvalue weighted by molar-refractivity contribution is 0.0903. The Balaban J connectivity index is 1.30. The summed E-state index contributed by atoms with van der Waals surface area (Å²) in [5, 5.41) is 3.51. The molecule has 7 nitrogen and oxygen atoms in total. The van der Waals surface area contributed by atoms with E-state index in [1.807, 2.05) is 13.0 Å². The van der Waals surface area contributed by atoms with Crippen LogP contribution in [-0.2, 0) is 6.54 Å². The molecule has 226 valence electrons. The Morgan fingerprint density at radius 2 is 1.91 bits per heavy atom. The maximum absolute atomic E-state index is 15.3. The van der Waals surface area contributed by atoms with Crippen LogP contribution in [0.5, 0.6) is 5.75 Å². The summed E-state index contributed by atoms with van der Waals surface area (Å²) in [6.45, 7) is 2.19. The van der Waals surface area contributed by atoms with Crippen LogP contribution in [0, 0.1) is 17.6 Å². The van der Waals surface area contributed by atoms with E-state index in [4.69, 9.17) is 32.0 Å². The van der Waals surface area contributed by atoms with Gasteiger partial charge < -0.3 is 15.8 Å². The summed E-state index contributed by atoms with van der Waals surface area (Å²) in [5.41, 5.74) is 9.65. The fourth-order valence-electron chi connectivity index (χ4n) is 6.03. The van der Waals surface area contributed by atoms with Crippen LogP contribution in [0.15, 0.2) is 65.8 Å². The SMILES string of the molecule is COc1cccc(F)c1C1=NCc2cnc(Nc3ccc(C(=O)[C@@H]4CCCC(C)(N)CC4)c(F)c3)nc2-c2ccc(Cl)cc21. The highest BCUT2D eigenvalue weighted by atomic mass is 35.5. The number of ether oxygens (including phenoxy) is 1. The Labute approximate surface area is 259 Å². The van der Waals surface area contributed by atoms with Crippen LogP contribution >= 0.6 is 11.6 Å². The second-order valence-corrected chi connectivity index (χ2v) is 12.1. The highest BCUT2D eigenvalue weighted by molar-refractivity contribution is 6.31. The van der Waals surface area contributed by atoms with Crippen molar-refractivity contribution in [3.63, 3.8) is 0 Å². The van der Waals surface area contributed by atoms with E-state index in [0.717, 1.165) is 19.3 Å². The number of carbonyl (C=O) groups is 1. The molecule has 0 spiro atoms. The molecule has 1 unspecified atom stereocenters. The molecular weight excluding hydrogens is 584 g/mol. The number of halogens is 3. The molecule has 10 heteroatoms. The van der Waals surface area contributed by atoms with E-state index in [1.54, 1.807) is 36.5 Å². The van der Waals surface area contributed by atoms with Crippen molar-refractivity contribution in [2.75, 3.05) is 12.4 Å². The average Bonchev–Trinajstić information content (AvgIpc) is 3.27. The summed E-state index contributed by atoms with van der Waals surface area (Å²) in [4.78, 5) is 27.1. The smallest absolute Gasteiger partial charge is 0.227 e. The predicted molar refractivity (Wildman–Crippen MR) is 168 cm³/mol. The fraction of sp³-hybridized carbons (Fsp3) is 0.294. The minimum atomic E-state index is -0.605. The second kappa shape index (κ2) is 12.1. The summed E-state index contributed by atoms with van der Waals surface area (Å²) in [5.74, 6) is -0.950. The average molecular weight is 616 g/mol. The Bertz CT molecular complexity index is 1790. The summed E-state index contributed by atoms with van der Waals surface area (Å²) >= 11 is 6.39. The largest absolute Gasteiger partial charge is 0.496 e. The number of ketones is 1. The number of carbonyl (C=O) groups excluding carboxylic acids is 1. The molecule has 1 aliphatic carbocycles. The van der Waals surface area contributed by atoms with E-state index in [-0.39, 0.29) is 40.9 Å². The number of rotatable bonds is 6. The van der Waals surface area contributed by atoms with Crippen LogP contribution in [0.2, 0.25) is 5.02 Å². The number of fused-ring (bicyclic) bond motifs is 3. The minimum absolute atomic E-state index is 0.0723. The first kappa shape index (κ1) is 29.8. The third-order valence-corrected chi connectivity index (χ3v) is 8.66. The van der Waals surface area contributed by atoms with Gasteiger partial charge in [-0.05, 0) is 75.1 Å². The molecule has 3 N–H and O–H groups in total. The van der Waals surface area contributed by atoms with Gasteiger partial charge in [-0.2, -0.15) is 0 Å². The maximum Gasteiger partial charge on any atom is 0.227 e. The van der Waals surface area contributed by atoms with E-state index >= 15 is 8.78 Å². The zero-order chi connectivity index (χ0) is 31.0. The van der Waals surface area contributed by atoms with Crippen LogP contribution < -0.4 is 15.8 Å². The fourth-order valence-corrected chi connectivity index (χ4v) is 6.20. The van der Waals surface area contributed by atoms with Crippen molar-refractivity contribution in [2.45, 2.75) is 51.1 Å². The van der Waals surface area contributed by atoms with Gasteiger partial charge in [0.05, 0.1) is 36.2 Å². The quantitative estimate of drug-likeness (QED) is 0.171. The highest BCUT2D eigenvalue weighted by Crippen LogP contribution is 2.37. The van der Waals surface area contributed by atoms with Crippen molar-refractivity contribution in [1.29, 1.82) is 0 Å². The molecule has 1 saturated carbocycles. The Kier molecular flexibility index (Phi) is 8.18. The van der Waals surface area contributed by atoms with Crippen LogP contribution in [0.1, 0.15) is 66.1 Å². The van der Waals surface area contributed by atoms with Crippen molar-refractivity contribution in [1.82, 2.24) is 9.97 Å². The van der Waals surface area contributed by atoms with E-state index < -0.39 is 11.6 Å². The normalized spacial score (nSPS) is 19.6. The van der Waals surface area contributed by atoms with Crippen LogP contribution in [0.3, 0.4) is 0 Å². The van der Waals surface area contributed by atoms with Crippen LogP contribution in [0.4, 0.5) is 20.4 Å². The summed E-state index contributed by atoms with van der Waals surface area (Å²) in [6, 6.07) is 14.3. The van der Waals surface area contributed by atoms with Gasteiger partial charge in [0, 0.05) is 45.1 Å². The van der Waals surface area contributed by atoms with Crippen molar-refractivity contribution < 1.29 is 18.3 Å². The lowest BCUT2D eigenvalue weighted by atomic mass is 9.89. The molecule has 0 saturated heterocycles. The number of nitrogens with one attached hydrogen (secondary N) is 1. The van der Waals surface area contributed by atoms with Gasteiger partial charge in [-0.15, -0.1) is 0 Å². The topological polar surface area (TPSA) is 102 Å². The minimum Gasteiger partial charge on any atom is -0.496 e. The molecule has 0 radical (unpaired) electrons. The number of anilines is 2. The maximum atomic E-state index is 15.3. The number of aromatic nitrogens is 2. The van der Waals surface area contributed by atoms with E-state index in [9.17, 15) is 4.79 Å². The van der Waals surface area contributed by atoms with Crippen LogP contribution in [-0.4, -0.2) is 34.1 Å². The van der Waals surface area contributed by atoms with Gasteiger partial charge in [0.15, 0.2) is 5.78 Å². The molecule has 0 bridgehead atoms. The molecule has 6 rings (SSSR count). The Morgan fingerprint density at radius 1 is 1.07 bits per heavy atom. The Morgan fingerprint density at radius 3 is 2.70 bits per heavy atom. The molecule has 3 aromatic carbocycles. The third-order valence-electron chi connectivity index (χ3n) is 8.42. The number of hydrogen-bond donors (Lipinski definition) is 2. The van der Waals surface area contributed by atoms with Gasteiger partial charge in [-0.3, -0.25) is 9.79 Å². The van der Waals surface area contributed by atoms with Gasteiger partial charge in [-0.1, -0.05) is 30.2 Å². The molecular formula is C34H32ClF2N5O2. The zero-order valence-electron chi connectivity index (χ0n) is 24.5. The standard InChI is InChI=1S/C34H32ClF2N5O2/c1-34(38)13-4-5-19(12-14-34)32(43)24-11-9-22(16-27(24)37)41-33-40-18-20-17-39-31(29-26(36)6-3-7-28(29)44-2)25-15-21(35)8-10-23(25)30(20)42-33/h3,6-11,15-16,18-19H,4-5,12-14,17,38H2,1-2H3,(H,40,41,42)/t19-,34?/m1/s1. The molecule has 1 fully saturated rings. The molecule has 4 aromatic rings. The molecule has 1 aromatic heterocycles. The summed E-state index contributed by atoms with van der Waals surface area (Å²) in [7, 11) is 1.48. The number of hydrogen-bond acceptors (Lipinski definition) is 7. The second-order valence-electron chi connectivity index (χ2n) is 11.7. The lowest BCUT2D eigenvalue weighted by Crippen LogP contribution is -2.35. The number of Topliss-reactive ketones (excluding diaryl/α,β-unsaturated/α-hetero) is 1. The van der Waals surface area contributed by atoms with E-state index in [1.165, 1.54) is 25.3 Å². The van der Waals surface area contributed by atoms with Gasteiger partial charge >= 0.3 is 0 Å². The zero-order valence-corrected chi connectivity index (χ0v) is 25.2. The number of nitrogens with zero attached hydrogens (tertiary/aromatic N) is 3. The van der Waals surface area contributed by atoms with Crippen molar-refractivity contribution in [2.24, 2.45) is 16.6 Å². The molecule has 2 atom stereocenters.